The van der Waals surface area contributed by atoms with E-state index >= 15 is 0 Å². The first kappa shape index (κ1) is 17.8. The molecule has 2 fully saturated rings. The molecule has 8 nitrogen and oxygen atoms in total. The number of urea groups is 1. The van der Waals surface area contributed by atoms with Gasteiger partial charge in [-0.15, -0.1) is 0 Å². The molecule has 8 heteroatoms. The molecule has 1 N–H and O–H groups in total. The predicted molar refractivity (Wildman–Crippen MR) is 96.4 cm³/mol. The smallest absolute Gasteiger partial charge is 0.327 e. The molecule has 0 atom stereocenters. The number of hydrogen-bond donors (Lipinski definition) is 1. The van der Waals surface area contributed by atoms with E-state index in [1.165, 1.54) is 20.9 Å². The number of carbonyl (C=O) groups is 3. The summed E-state index contributed by atoms with van der Waals surface area (Å²) in [6.07, 6.45) is 0.976. The molecule has 0 bridgehead atoms. The van der Waals surface area contributed by atoms with Gasteiger partial charge in [0, 0.05) is 19.0 Å². The highest BCUT2D eigenvalue weighted by molar-refractivity contribution is 6.04. The first-order chi connectivity index (χ1) is 13.0. The van der Waals surface area contributed by atoms with Crippen molar-refractivity contribution in [2.24, 2.45) is 0 Å². The Balaban J connectivity index is 1.28. The van der Waals surface area contributed by atoms with Crippen molar-refractivity contribution in [2.45, 2.75) is 13.0 Å². The third-order valence-electron chi connectivity index (χ3n) is 5.56. The summed E-state index contributed by atoms with van der Waals surface area (Å²) in [6, 6.07) is 6.01. The van der Waals surface area contributed by atoms with E-state index in [1.54, 1.807) is 11.9 Å². The normalized spacial score (nSPS) is 20.3. The average molecular weight is 373 g/mol. The summed E-state index contributed by atoms with van der Waals surface area (Å²) in [5.41, 5.74) is 2.58. The standard InChI is InChI=1S/C19H24N4O4/c1-20-12-18(25)23(19(20)26)13-17(24)22-7-5-21(6-8-22)11-14-2-3-16-15(10-14)4-9-27-16/h2-3,10H,4-9,11-13H2,1H3/p+1. The SMILES string of the molecule is CN1CC(=O)N(CC(=O)N2CC[NH+](Cc3ccc4c(c3)CCO4)CC2)C1=O. The molecule has 4 amide bonds. The fourth-order valence-electron chi connectivity index (χ4n) is 3.95. The molecule has 3 aliphatic heterocycles. The number of imide groups is 1. The number of likely N-dealkylation sites (N-methyl/N-ethyl adjacent to an activating group) is 1. The zero-order chi connectivity index (χ0) is 19.0. The van der Waals surface area contributed by atoms with Gasteiger partial charge >= 0.3 is 6.03 Å². The Morgan fingerprint density at radius 2 is 2.00 bits per heavy atom. The zero-order valence-electron chi connectivity index (χ0n) is 15.6. The second-order valence-electron chi connectivity index (χ2n) is 7.47. The Morgan fingerprint density at radius 3 is 2.70 bits per heavy atom. The van der Waals surface area contributed by atoms with Gasteiger partial charge in [-0.05, 0) is 23.8 Å². The molecule has 0 radical (unpaired) electrons. The fourth-order valence-corrected chi connectivity index (χ4v) is 3.95. The van der Waals surface area contributed by atoms with Crippen LogP contribution >= 0.6 is 0 Å². The van der Waals surface area contributed by atoms with Crippen molar-refractivity contribution in [1.29, 1.82) is 0 Å². The second kappa shape index (κ2) is 7.19. The van der Waals surface area contributed by atoms with Crippen LogP contribution in [0, 0.1) is 0 Å². The maximum absolute atomic E-state index is 12.5. The number of quaternary nitrogens is 1. The molecule has 1 aromatic carbocycles. The third kappa shape index (κ3) is 3.62. The maximum atomic E-state index is 12.5. The van der Waals surface area contributed by atoms with Gasteiger partial charge in [-0.25, -0.2) is 4.79 Å². The lowest BCUT2D eigenvalue weighted by molar-refractivity contribution is -0.917. The van der Waals surface area contributed by atoms with Gasteiger partial charge in [-0.3, -0.25) is 14.5 Å². The van der Waals surface area contributed by atoms with E-state index < -0.39 is 6.03 Å². The van der Waals surface area contributed by atoms with Crippen molar-refractivity contribution in [3.05, 3.63) is 29.3 Å². The van der Waals surface area contributed by atoms with Crippen molar-refractivity contribution in [2.75, 3.05) is 52.9 Å². The van der Waals surface area contributed by atoms with Crippen LogP contribution < -0.4 is 9.64 Å². The molecule has 27 heavy (non-hydrogen) atoms. The molecule has 0 spiro atoms. The zero-order valence-corrected chi connectivity index (χ0v) is 15.6. The number of hydrogen-bond acceptors (Lipinski definition) is 4. The van der Waals surface area contributed by atoms with Gasteiger partial charge in [0.1, 0.15) is 25.4 Å². The molecule has 0 saturated carbocycles. The first-order valence-corrected chi connectivity index (χ1v) is 9.42. The number of nitrogens with one attached hydrogen (secondary N) is 1. The van der Waals surface area contributed by atoms with E-state index in [9.17, 15) is 14.4 Å². The largest absolute Gasteiger partial charge is 0.493 e. The van der Waals surface area contributed by atoms with E-state index in [1.807, 2.05) is 0 Å². The molecule has 3 heterocycles. The topological polar surface area (TPSA) is 74.6 Å². The summed E-state index contributed by atoms with van der Waals surface area (Å²) >= 11 is 0. The number of amides is 4. The lowest BCUT2D eigenvalue weighted by atomic mass is 10.1. The second-order valence-corrected chi connectivity index (χ2v) is 7.47. The lowest BCUT2D eigenvalue weighted by Gasteiger charge is -2.33. The Morgan fingerprint density at radius 1 is 1.22 bits per heavy atom. The van der Waals surface area contributed by atoms with Crippen LogP contribution in [0.1, 0.15) is 11.1 Å². The van der Waals surface area contributed by atoms with Crippen LogP contribution in [-0.4, -0.2) is 85.5 Å². The molecule has 2 saturated heterocycles. The van der Waals surface area contributed by atoms with Crippen molar-refractivity contribution in [3.8, 4) is 5.75 Å². The third-order valence-corrected chi connectivity index (χ3v) is 5.56. The number of rotatable bonds is 4. The minimum Gasteiger partial charge on any atom is -0.493 e. The van der Waals surface area contributed by atoms with Crippen LogP contribution in [0.5, 0.6) is 5.75 Å². The highest BCUT2D eigenvalue weighted by Crippen LogP contribution is 2.25. The maximum Gasteiger partial charge on any atom is 0.327 e. The van der Waals surface area contributed by atoms with Gasteiger partial charge in [0.05, 0.1) is 32.8 Å². The Bertz CT molecular complexity index is 773. The molecular formula is C19H25N4O4+. The van der Waals surface area contributed by atoms with Crippen LogP contribution in [-0.2, 0) is 22.6 Å². The molecule has 4 rings (SSSR count). The van der Waals surface area contributed by atoms with E-state index in [0.717, 1.165) is 43.3 Å². The first-order valence-electron chi connectivity index (χ1n) is 9.42. The minimum atomic E-state index is -0.391. The number of benzene rings is 1. The molecule has 3 aliphatic rings. The Labute approximate surface area is 158 Å². The van der Waals surface area contributed by atoms with Crippen LogP contribution in [0.2, 0.25) is 0 Å². The van der Waals surface area contributed by atoms with Gasteiger partial charge in [0.2, 0.25) is 5.91 Å². The van der Waals surface area contributed by atoms with Crippen LogP contribution in [0.25, 0.3) is 0 Å². The van der Waals surface area contributed by atoms with Crippen LogP contribution in [0.3, 0.4) is 0 Å². The number of ether oxygens (including phenoxy) is 1. The van der Waals surface area contributed by atoms with Gasteiger partial charge in [-0.2, -0.15) is 0 Å². The van der Waals surface area contributed by atoms with E-state index in [2.05, 4.69) is 18.2 Å². The summed E-state index contributed by atoms with van der Waals surface area (Å²) in [5.74, 6) is 0.544. The fraction of sp³-hybridized carbons (Fsp3) is 0.526. The van der Waals surface area contributed by atoms with E-state index in [-0.39, 0.29) is 24.9 Å². The molecule has 144 valence electrons. The Kier molecular flexibility index (Phi) is 4.73. The van der Waals surface area contributed by atoms with Crippen molar-refractivity contribution in [3.63, 3.8) is 0 Å². The minimum absolute atomic E-state index is 0.0514. The van der Waals surface area contributed by atoms with Gasteiger partial charge < -0.3 is 19.4 Å². The molecule has 0 unspecified atom stereocenters. The summed E-state index contributed by atoms with van der Waals surface area (Å²) in [4.78, 5) is 41.8. The predicted octanol–water partition coefficient (Wildman–Crippen LogP) is -1.26. The summed E-state index contributed by atoms with van der Waals surface area (Å²) < 4.78 is 5.55. The number of carbonyl (C=O) groups excluding carboxylic acids is 3. The van der Waals surface area contributed by atoms with Gasteiger partial charge in [0.15, 0.2) is 0 Å². The van der Waals surface area contributed by atoms with E-state index in [4.69, 9.17) is 4.74 Å². The summed E-state index contributed by atoms with van der Waals surface area (Å²) in [5, 5.41) is 0. The van der Waals surface area contributed by atoms with E-state index in [0.29, 0.717) is 13.1 Å². The van der Waals surface area contributed by atoms with Gasteiger partial charge in [0.25, 0.3) is 5.91 Å². The Hall–Kier alpha value is -2.61. The highest BCUT2D eigenvalue weighted by Gasteiger charge is 2.36. The summed E-state index contributed by atoms with van der Waals surface area (Å²) in [6.45, 7) is 4.62. The summed E-state index contributed by atoms with van der Waals surface area (Å²) in [7, 11) is 1.57. The molecular weight excluding hydrogens is 348 g/mol. The van der Waals surface area contributed by atoms with Crippen LogP contribution in [0.4, 0.5) is 4.79 Å². The molecule has 1 aromatic rings. The van der Waals surface area contributed by atoms with Crippen LogP contribution in [0.15, 0.2) is 18.2 Å². The average Bonchev–Trinajstić information content (AvgIpc) is 3.22. The number of piperazine rings is 1. The van der Waals surface area contributed by atoms with Crippen molar-refractivity contribution in [1.82, 2.24) is 14.7 Å². The molecule has 0 aliphatic carbocycles. The molecule has 0 aromatic heterocycles. The van der Waals surface area contributed by atoms with Gasteiger partial charge in [-0.1, -0.05) is 0 Å². The van der Waals surface area contributed by atoms with Crippen molar-refractivity contribution >= 4 is 17.8 Å². The van der Waals surface area contributed by atoms with Crippen molar-refractivity contribution < 1.29 is 24.0 Å². The number of nitrogens with zero attached hydrogens (tertiary/aromatic N) is 3. The highest BCUT2D eigenvalue weighted by atomic mass is 16.5. The number of fused-ring (bicyclic) bond motifs is 1. The lowest BCUT2D eigenvalue weighted by Crippen LogP contribution is -3.13. The quantitative estimate of drug-likeness (QED) is 0.669. The monoisotopic (exact) mass is 373 g/mol.